The number of nitrogens with zero attached hydrogens (tertiary/aromatic N) is 1. The summed E-state index contributed by atoms with van der Waals surface area (Å²) in [4.78, 5) is 14.5. The van der Waals surface area contributed by atoms with Crippen molar-refractivity contribution in [2.24, 2.45) is 5.73 Å². The van der Waals surface area contributed by atoms with Crippen molar-refractivity contribution in [2.45, 2.75) is 12.3 Å². The molecule has 1 aromatic heterocycles. The van der Waals surface area contributed by atoms with Gasteiger partial charge in [-0.05, 0) is 28.5 Å². The molecule has 0 aliphatic rings. The largest absolute Gasteiger partial charge is 0.481 e. The summed E-state index contributed by atoms with van der Waals surface area (Å²) in [6.07, 6.45) is 1.52. The SMILES string of the molecule is NCC(CC(=O)O)c1cc(Br)cnc1N. The normalized spacial score (nSPS) is 12.4. The Labute approximate surface area is 95.6 Å². The molecule has 0 saturated heterocycles. The van der Waals surface area contributed by atoms with Crippen LogP contribution < -0.4 is 11.5 Å². The van der Waals surface area contributed by atoms with Crippen molar-refractivity contribution in [1.82, 2.24) is 4.98 Å². The van der Waals surface area contributed by atoms with E-state index in [4.69, 9.17) is 16.6 Å². The highest BCUT2D eigenvalue weighted by Crippen LogP contribution is 2.25. The molecule has 0 aliphatic heterocycles. The van der Waals surface area contributed by atoms with Crippen LogP contribution >= 0.6 is 15.9 Å². The molecule has 5 nitrogen and oxygen atoms in total. The third-order valence-corrected chi connectivity index (χ3v) is 2.50. The van der Waals surface area contributed by atoms with Crippen LogP contribution in [0.2, 0.25) is 0 Å². The fourth-order valence-electron chi connectivity index (χ4n) is 1.32. The van der Waals surface area contributed by atoms with Gasteiger partial charge in [-0.2, -0.15) is 0 Å². The van der Waals surface area contributed by atoms with Crippen LogP contribution in [0.1, 0.15) is 17.9 Å². The number of rotatable bonds is 4. The number of anilines is 1. The lowest BCUT2D eigenvalue weighted by Crippen LogP contribution is -2.18. The molecular weight excluding hydrogens is 262 g/mol. The number of halogens is 1. The van der Waals surface area contributed by atoms with Crippen LogP contribution in [0.3, 0.4) is 0 Å². The average Bonchev–Trinajstić information content (AvgIpc) is 2.18. The lowest BCUT2D eigenvalue weighted by atomic mass is 9.96. The van der Waals surface area contributed by atoms with Gasteiger partial charge in [-0.25, -0.2) is 4.98 Å². The minimum absolute atomic E-state index is 0.0428. The van der Waals surface area contributed by atoms with E-state index in [2.05, 4.69) is 20.9 Å². The standard InChI is InChI=1S/C9H12BrN3O2/c10-6-2-7(9(12)13-4-6)5(3-11)1-8(14)15/h2,4-5H,1,3,11H2,(H2,12,13)(H,14,15). The van der Waals surface area contributed by atoms with E-state index in [9.17, 15) is 4.79 Å². The van der Waals surface area contributed by atoms with E-state index in [0.717, 1.165) is 4.47 Å². The molecule has 0 aliphatic carbocycles. The van der Waals surface area contributed by atoms with E-state index in [1.54, 1.807) is 12.3 Å². The first-order valence-electron chi connectivity index (χ1n) is 4.37. The molecule has 0 bridgehead atoms. The second-order valence-electron chi connectivity index (χ2n) is 3.16. The third kappa shape index (κ3) is 3.17. The van der Waals surface area contributed by atoms with Gasteiger partial charge in [-0.15, -0.1) is 0 Å². The number of hydrogen-bond donors (Lipinski definition) is 3. The number of carbonyl (C=O) groups is 1. The quantitative estimate of drug-likeness (QED) is 0.758. The van der Waals surface area contributed by atoms with Gasteiger partial charge in [0.05, 0.1) is 6.42 Å². The van der Waals surface area contributed by atoms with Gasteiger partial charge in [0.25, 0.3) is 0 Å². The van der Waals surface area contributed by atoms with Crippen LogP contribution in [0, 0.1) is 0 Å². The number of carboxylic acid groups (broad SMARTS) is 1. The van der Waals surface area contributed by atoms with Gasteiger partial charge < -0.3 is 16.6 Å². The first kappa shape index (κ1) is 11.9. The molecule has 0 spiro atoms. The van der Waals surface area contributed by atoms with E-state index >= 15 is 0 Å². The van der Waals surface area contributed by atoms with Gasteiger partial charge in [0.15, 0.2) is 0 Å². The first-order valence-corrected chi connectivity index (χ1v) is 5.16. The zero-order valence-electron chi connectivity index (χ0n) is 7.98. The molecule has 0 amide bonds. The lowest BCUT2D eigenvalue weighted by Gasteiger charge is -2.14. The highest BCUT2D eigenvalue weighted by molar-refractivity contribution is 9.10. The second-order valence-corrected chi connectivity index (χ2v) is 4.07. The topological polar surface area (TPSA) is 102 Å². The minimum atomic E-state index is -0.898. The van der Waals surface area contributed by atoms with Crippen LogP contribution in [0.5, 0.6) is 0 Å². The van der Waals surface area contributed by atoms with Gasteiger partial charge in [0.2, 0.25) is 0 Å². The minimum Gasteiger partial charge on any atom is -0.481 e. The average molecular weight is 274 g/mol. The zero-order valence-corrected chi connectivity index (χ0v) is 9.57. The lowest BCUT2D eigenvalue weighted by molar-refractivity contribution is -0.137. The molecule has 1 aromatic rings. The van der Waals surface area contributed by atoms with E-state index in [-0.39, 0.29) is 18.9 Å². The summed E-state index contributed by atoms with van der Waals surface area (Å²) in [5, 5.41) is 8.71. The molecule has 1 atom stereocenters. The smallest absolute Gasteiger partial charge is 0.304 e. The molecule has 1 heterocycles. The molecular formula is C9H12BrN3O2. The monoisotopic (exact) mass is 273 g/mol. The Hall–Kier alpha value is -1.14. The maximum atomic E-state index is 10.6. The van der Waals surface area contributed by atoms with Crippen molar-refractivity contribution in [3.8, 4) is 0 Å². The fraction of sp³-hybridized carbons (Fsp3) is 0.333. The number of aromatic nitrogens is 1. The maximum absolute atomic E-state index is 10.6. The summed E-state index contributed by atoms with van der Waals surface area (Å²) in [5.41, 5.74) is 11.8. The zero-order chi connectivity index (χ0) is 11.4. The van der Waals surface area contributed by atoms with Gasteiger partial charge in [-0.1, -0.05) is 0 Å². The summed E-state index contributed by atoms with van der Waals surface area (Å²) < 4.78 is 0.760. The molecule has 6 heteroatoms. The molecule has 5 N–H and O–H groups in total. The van der Waals surface area contributed by atoms with E-state index < -0.39 is 5.97 Å². The Morgan fingerprint density at radius 2 is 2.33 bits per heavy atom. The molecule has 0 saturated carbocycles. The van der Waals surface area contributed by atoms with Crippen LogP contribution in [0.15, 0.2) is 16.7 Å². The molecule has 1 rings (SSSR count). The van der Waals surface area contributed by atoms with Crippen molar-refractivity contribution < 1.29 is 9.90 Å². The highest BCUT2D eigenvalue weighted by Gasteiger charge is 2.17. The summed E-state index contributed by atoms with van der Waals surface area (Å²) in [6, 6.07) is 1.75. The third-order valence-electron chi connectivity index (χ3n) is 2.06. The van der Waals surface area contributed by atoms with E-state index in [1.807, 2.05) is 0 Å². The number of nitrogen functional groups attached to an aromatic ring is 1. The molecule has 0 radical (unpaired) electrons. The van der Waals surface area contributed by atoms with Gasteiger partial charge >= 0.3 is 5.97 Å². The van der Waals surface area contributed by atoms with Crippen LogP contribution in [0.4, 0.5) is 5.82 Å². The molecule has 1 unspecified atom stereocenters. The van der Waals surface area contributed by atoms with Crippen molar-refractivity contribution >= 4 is 27.7 Å². The van der Waals surface area contributed by atoms with Crippen molar-refractivity contribution in [1.29, 1.82) is 0 Å². The number of carboxylic acids is 1. The highest BCUT2D eigenvalue weighted by atomic mass is 79.9. The predicted octanol–water partition coefficient (Wildman–Crippen LogP) is 0.943. The Kier molecular flexibility index (Phi) is 4.05. The van der Waals surface area contributed by atoms with Crippen LogP contribution in [-0.2, 0) is 4.79 Å². The molecule has 0 fully saturated rings. The Bertz CT molecular complexity index is 370. The molecule has 0 aromatic carbocycles. The van der Waals surface area contributed by atoms with Gasteiger partial charge in [0.1, 0.15) is 5.82 Å². The van der Waals surface area contributed by atoms with Gasteiger partial charge in [-0.3, -0.25) is 4.79 Å². The van der Waals surface area contributed by atoms with Crippen molar-refractivity contribution in [2.75, 3.05) is 12.3 Å². The number of hydrogen-bond acceptors (Lipinski definition) is 4. The number of pyridine rings is 1. The summed E-state index contributed by atoms with van der Waals surface area (Å²) >= 11 is 3.25. The van der Waals surface area contributed by atoms with E-state index in [0.29, 0.717) is 11.4 Å². The van der Waals surface area contributed by atoms with Crippen molar-refractivity contribution in [3.05, 3.63) is 22.3 Å². The van der Waals surface area contributed by atoms with E-state index in [1.165, 1.54) is 0 Å². The Morgan fingerprint density at radius 3 is 2.87 bits per heavy atom. The number of aliphatic carboxylic acids is 1. The maximum Gasteiger partial charge on any atom is 0.304 e. The van der Waals surface area contributed by atoms with Crippen LogP contribution in [0.25, 0.3) is 0 Å². The number of nitrogens with two attached hydrogens (primary N) is 2. The second kappa shape index (κ2) is 5.09. The molecule has 82 valence electrons. The van der Waals surface area contributed by atoms with Gasteiger partial charge in [0, 0.05) is 22.2 Å². The summed E-state index contributed by atoms with van der Waals surface area (Å²) in [6.45, 7) is 0.231. The predicted molar refractivity (Wildman–Crippen MR) is 60.4 cm³/mol. The Morgan fingerprint density at radius 1 is 1.67 bits per heavy atom. The van der Waals surface area contributed by atoms with Crippen molar-refractivity contribution in [3.63, 3.8) is 0 Å². The molecule has 15 heavy (non-hydrogen) atoms. The fourth-order valence-corrected chi connectivity index (χ4v) is 1.67. The van der Waals surface area contributed by atoms with Crippen LogP contribution in [-0.4, -0.2) is 22.6 Å². The summed E-state index contributed by atoms with van der Waals surface area (Å²) in [5.74, 6) is -0.868. The summed E-state index contributed by atoms with van der Waals surface area (Å²) in [7, 11) is 0. The first-order chi connectivity index (χ1) is 7.04. The Balaban J connectivity index is 3.00.